The van der Waals surface area contributed by atoms with Gasteiger partial charge in [-0.15, -0.1) is 0 Å². The van der Waals surface area contributed by atoms with Crippen LogP contribution in [-0.4, -0.2) is 70.5 Å². The number of fused-ring (bicyclic) bond motifs is 4. The van der Waals surface area contributed by atoms with E-state index in [9.17, 15) is 24.8 Å². The van der Waals surface area contributed by atoms with Crippen LogP contribution in [0.1, 0.15) is 35.6 Å². The summed E-state index contributed by atoms with van der Waals surface area (Å²) < 4.78 is 14.0. The van der Waals surface area contributed by atoms with E-state index in [1.165, 1.54) is 16.8 Å². The summed E-state index contributed by atoms with van der Waals surface area (Å²) in [5.41, 5.74) is 1.91. The number of carbonyl (C=O) groups excluding carboxylic acids is 2. The molecule has 2 amide bonds. The number of non-ortho nitro benzene ring substituents is 1. The Morgan fingerprint density at radius 2 is 1.68 bits per heavy atom. The minimum absolute atomic E-state index is 0.0524. The lowest BCUT2D eigenvalue weighted by Gasteiger charge is -2.39. The van der Waals surface area contributed by atoms with Gasteiger partial charge in [0, 0.05) is 35.5 Å². The average molecular weight is 850 g/mol. The minimum Gasteiger partial charge on any atom is -0.497 e. The number of hydrogen-bond acceptors (Lipinski definition) is 9. The highest BCUT2D eigenvalue weighted by Gasteiger charge is 2.67. The molecule has 62 heavy (non-hydrogen) atoms. The van der Waals surface area contributed by atoms with Crippen molar-refractivity contribution in [2.24, 2.45) is 5.92 Å². The van der Waals surface area contributed by atoms with Gasteiger partial charge >= 0.3 is 0 Å². The summed E-state index contributed by atoms with van der Waals surface area (Å²) in [4.78, 5) is 58.7. The third-order valence-corrected chi connectivity index (χ3v) is 17.9. The summed E-state index contributed by atoms with van der Waals surface area (Å²) >= 11 is 0. The maximum Gasteiger partial charge on any atom is 0.279 e. The van der Waals surface area contributed by atoms with Gasteiger partial charge in [0.2, 0.25) is 5.91 Å². The van der Waals surface area contributed by atoms with Gasteiger partial charge in [-0.25, -0.2) is 0 Å². The van der Waals surface area contributed by atoms with E-state index in [-0.39, 0.29) is 48.2 Å². The third kappa shape index (κ3) is 6.69. The van der Waals surface area contributed by atoms with Crippen molar-refractivity contribution >= 4 is 47.2 Å². The zero-order valence-corrected chi connectivity index (χ0v) is 35.9. The number of benzene rings is 5. The highest BCUT2D eigenvalue weighted by Crippen LogP contribution is 2.60. The summed E-state index contributed by atoms with van der Waals surface area (Å²) in [5, 5.41) is 29.6. The molecule has 3 aliphatic rings. The molecule has 1 N–H and O–H groups in total. The highest BCUT2D eigenvalue weighted by atomic mass is 28.3. The lowest BCUT2D eigenvalue weighted by Crippen LogP contribution is -2.52. The molecule has 1 fully saturated rings. The summed E-state index contributed by atoms with van der Waals surface area (Å²) in [6.45, 7) is 6.65. The molecule has 9 rings (SSSR count). The van der Waals surface area contributed by atoms with Crippen LogP contribution in [0.25, 0.3) is 16.5 Å². The molecular weight excluding hydrogens is 803 g/mol. The van der Waals surface area contributed by atoms with E-state index in [1.807, 2.05) is 85.8 Å². The molecule has 0 aliphatic carbocycles. The number of aromatic nitrogens is 2. The molecule has 4 heterocycles. The van der Waals surface area contributed by atoms with E-state index in [4.69, 9.17) is 9.47 Å². The van der Waals surface area contributed by atoms with Gasteiger partial charge in [0.25, 0.3) is 17.2 Å². The number of nitro groups is 1. The SMILES string of the molecule is COc1ccc([Si](C)(C)[C@H]2[C@H](CC(=O)N3Cc4ccccc4C[C@H]3CO)O[C@@]3(C(=O)N(Cc4ccc(-n5ncc6ccccc6c5=O)cc4)c4ccc([N+](=O)[O-])cc43)[C@@H]2C)cc1. The zero-order valence-electron chi connectivity index (χ0n) is 34.9. The van der Waals surface area contributed by atoms with Crippen LogP contribution in [-0.2, 0) is 39.4 Å². The lowest BCUT2D eigenvalue weighted by atomic mass is 9.82. The quantitative estimate of drug-likeness (QED) is 0.0936. The van der Waals surface area contributed by atoms with Gasteiger partial charge in [0.1, 0.15) is 5.75 Å². The molecule has 316 valence electrons. The average Bonchev–Trinajstić information content (AvgIpc) is 3.71. The first-order valence-corrected chi connectivity index (χ1v) is 23.9. The summed E-state index contributed by atoms with van der Waals surface area (Å²) in [6.07, 6.45) is 1.36. The second-order valence-corrected chi connectivity index (χ2v) is 21.8. The summed E-state index contributed by atoms with van der Waals surface area (Å²) in [7, 11) is -1.07. The monoisotopic (exact) mass is 849 g/mol. The maximum absolute atomic E-state index is 15.4. The summed E-state index contributed by atoms with van der Waals surface area (Å²) in [5.74, 6) is -0.378. The number of aliphatic hydroxyl groups is 1. The number of ether oxygens (including phenoxy) is 2. The number of amides is 2. The molecule has 3 aliphatic heterocycles. The van der Waals surface area contributed by atoms with Gasteiger partial charge < -0.3 is 24.4 Å². The van der Waals surface area contributed by atoms with Crippen molar-refractivity contribution in [3.63, 3.8) is 0 Å². The third-order valence-electron chi connectivity index (χ3n) is 13.5. The predicted octanol–water partition coefficient (Wildman–Crippen LogP) is 6.40. The van der Waals surface area contributed by atoms with E-state index in [1.54, 1.807) is 47.4 Å². The second-order valence-electron chi connectivity index (χ2n) is 17.2. The largest absolute Gasteiger partial charge is 0.497 e. The fourth-order valence-electron chi connectivity index (χ4n) is 10.3. The Hall–Kier alpha value is -6.48. The molecule has 6 aromatic rings. The van der Waals surface area contributed by atoms with Crippen molar-refractivity contribution in [3.05, 3.63) is 164 Å². The molecule has 0 unspecified atom stereocenters. The van der Waals surface area contributed by atoms with E-state index < -0.39 is 36.7 Å². The number of aliphatic hydroxyl groups excluding tert-OH is 1. The van der Waals surface area contributed by atoms with Crippen LogP contribution in [0.5, 0.6) is 5.75 Å². The Morgan fingerprint density at radius 3 is 2.39 bits per heavy atom. The van der Waals surface area contributed by atoms with Crippen molar-refractivity contribution in [2.75, 3.05) is 18.6 Å². The molecule has 0 radical (unpaired) electrons. The number of carbonyl (C=O) groups is 2. The van der Waals surface area contributed by atoms with Crippen molar-refractivity contribution in [1.29, 1.82) is 0 Å². The molecule has 5 aromatic carbocycles. The van der Waals surface area contributed by atoms with Gasteiger partial charge in [0.05, 0.1) is 74.8 Å². The van der Waals surface area contributed by atoms with Crippen LogP contribution in [0.15, 0.2) is 126 Å². The van der Waals surface area contributed by atoms with E-state index in [2.05, 4.69) is 18.2 Å². The Labute approximate surface area is 359 Å². The first kappa shape index (κ1) is 40.9. The van der Waals surface area contributed by atoms with Gasteiger partial charge in [-0.05, 0) is 65.1 Å². The van der Waals surface area contributed by atoms with E-state index in [0.717, 1.165) is 27.3 Å². The van der Waals surface area contributed by atoms with Crippen molar-refractivity contribution in [2.45, 2.75) is 69.2 Å². The highest BCUT2D eigenvalue weighted by molar-refractivity contribution is 6.91. The maximum atomic E-state index is 15.4. The number of methoxy groups -OCH3 is 1. The molecule has 1 aromatic heterocycles. The van der Waals surface area contributed by atoms with E-state index >= 15 is 4.79 Å². The first-order valence-electron chi connectivity index (χ1n) is 20.8. The van der Waals surface area contributed by atoms with Crippen molar-refractivity contribution in [3.8, 4) is 11.4 Å². The predicted molar refractivity (Wildman–Crippen MR) is 237 cm³/mol. The molecule has 1 saturated heterocycles. The van der Waals surface area contributed by atoms with Crippen LogP contribution >= 0.6 is 0 Å². The number of hydrogen-bond donors (Lipinski definition) is 1. The van der Waals surface area contributed by atoms with Crippen molar-refractivity contribution in [1.82, 2.24) is 14.7 Å². The molecule has 14 heteroatoms. The van der Waals surface area contributed by atoms with Gasteiger partial charge in [-0.2, -0.15) is 9.78 Å². The van der Waals surface area contributed by atoms with Crippen LogP contribution in [0.3, 0.4) is 0 Å². The Kier molecular flexibility index (Phi) is 10.4. The fraction of sp³-hybridized carbons (Fsp3) is 0.292. The minimum atomic E-state index is -2.68. The van der Waals surface area contributed by atoms with Gasteiger partial charge in [-0.1, -0.05) is 91.9 Å². The van der Waals surface area contributed by atoms with Crippen LogP contribution in [0.2, 0.25) is 18.6 Å². The smallest absolute Gasteiger partial charge is 0.279 e. The second kappa shape index (κ2) is 15.8. The Morgan fingerprint density at radius 1 is 0.968 bits per heavy atom. The molecule has 0 saturated carbocycles. The number of nitrogens with zero attached hydrogens (tertiary/aromatic N) is 5. The lowest BCUT2D eigenvalue weighted by molar-refractivity contribution is -0.385. The van der Waals surface area contributed by atoms with Crippen LogP contribution < -0.4 is 20.4 Å². The Balaban J connectivity index is 1.10. The Bertz CT molecular complexity index is 2790. The molecule has 13 nitrogen and oxygen atoms in total. The number of anilines is 1. The fourth-order valence-corrected chi connectivity index (χ4v) is 14.3. The molecule has 0 bridgehead atoms. The first-order chi connectivity index (χ1) is 29.8. The van der Waals surface area contributed by atoms with Crippen LogP contribution in [0.4, 0.5) is 11.4 Å². The number of rotatable bonds is 10. The standard InChI is InChI=1S/C48H47N5O8Si/c1-30-45(62(3,4)39-20-18-38(60-2)19-21-39)43(25-44(55)50-28-34-11-6-5-9-32(34)23-37(50)29-54)61-48(30)41-24-36(53(58)59)17-22-42(41)51(47(48)57)27-31-13-15-35(16-14-31)52-46(56)40-12-8-7-10-33(40)26-49-52/h5-22,24,26,30,37,43,45,54H,23,25,27-29H2,1-4H3/t30-,37+,43+,45-,48+/m1/s1. The zero-order chi connectivity index (χ0) is 43.5. The van der Waals surface area contributed by atoms with Gasteiger partial charge in [0.15, 0.2) is 5.60 Å². The van der Waals surface area contributed by atoms with Crippen molar-refractivity contribution < 1.29 is 29.1 Å². The van der Waals surface area contributed by atoms with Gasteiger partial charge in [-0.3, -0.25) is 24.5 Å². The topological polar surface area (TPSA) is 157 Å². The summed E-state index contributed by atoms with van der Waals surface area (Å²) in [6, 6.07) is 34.3. The molecule has 1 spiro atoms. The van der Waals surface area contributed by atoms with E-state index in [0.29, 0.717) is 41.0 Å². The normalized spacial score (nSPS) is 21.9. The van der Waals surface area contributed by atoms with Crippen LogP contribution in [0, 0.1) is 16.0 Å². The molecular formula is C48H47N5O8Si. The molecule has 5 atom stereocenters. The number of nitro benzene ring substituents is 1.